The van der Waals surface area contributed by atoms with Gasteiger partial charge in [-0.3, -0.25) is 14.1 Å². The summed E-state index contributed by atoms with van der Waals surface area (Å²) >= 11 is 0. The Kier molecular flexibility index (Phi) is 3.13. The van der Waals surface area contributed by atoms with E-state index < -0.39 is 11.6 Å². The molecule has 1 aromatic carbocycles. The smallest absolute Gasteiger partial charge is 0.292 e. The van der Waals surface area contributed by atoms with E-state index in [1.807, 2.05) is 0 Å². The van der Waals surface area contributed by atoms with Gasteiger partial charge in [0.05, 0.1) is 11.7 Å². The van der Waals surface area contributed by atoms with Crippen molar-refractivity contribution in [3.8, 4) is 11.1 Å². The van der Waals surface area contributed by atoms with Gasteiger partial charge < -0.3 is 0 Å². The van der Waals surface area contributed by atoms with E-state index in [0.717, 1.165) is 19.0 Å². The molecular formula is C18H17F2N3O. The van der Waals surface area contributed by atoms with E-state index in [-0.39, 0.29) is 27.7 Å². The van der Waals surface area contributed by atoms with Gasteiger partial charge in [0.25, 0.3) is 0 Å². The van der Waals surface area contributed by atoms with Crippen molar-refractivity contribution < 1.29 is 8.78 Å². The van der Waals surface area contributed by atoms with Crippen LogP contribution in [0.15, 0.2) is 35.4 Å². The van der Waals surface area contributed by atoms with Crippen LogP contribution in [0, 0.1) is 17.0 Å². The van der Waals surface area contributed by atoms with Gasteiger partial charge in [-0.1, -0.05) is 6.92 Å². The van der Waals surface area contributed by atoms with Crippen LogP contribution >= 0.6 is 0 Å². The highest BCUT2D eigenvalue weighted by molar-refractivity contribution is 5.83. The number of halogens is 2. The van der Waals surface area contributed by atoms with Gasteiger partial charge in [0, 0.05) is 30.9 Å². The monoisotopic (exact) mass is 329 g/mol. The first kappa shape index (κ1) is 15.1. The largest absolute Gasteiger partial charge is 0.328 e. The zero-order valence-electron chi connectivity index (χ0n) is 13.5. The van der Waals surface area contributed by atoms with Crippen molar-refractivity contribution in [3.63, 3.8) is 0 Å². The van der Waals surface area contributed by atoms with Crippen LogP contribution in [0.2, 0.25) is 0 Å². The first-order chi connectivity index (χ1) is 11.4. The van der Waals surface area contributed by atoms with Crippen LogP contribution in [0.25, 0.3) is 22.2 Å². The molecule has 4 nitrogen and oxygen atoms in total. The number of aryl methyl sites for hydroxylation is 1. The Balaban J connectivity index is 1.96. The van der Waals surface area contributed by atoms with Crippen LogP contribution in [0.5, 0.6) is 0 Å². The van der Waals surface area contributed by atoms with Crippen molar-refractivity contribution in [1.82, 2.24) is 14.1 Å². The lowest BCUT2D eigenvalue weighted by Crippen LogP contribution is -2.25. The Morgan fingerprint density at radius 1 is 1.21 bits per heavy atom. The average Bonchev–Trinajstić information content (AvgIpc) is 3.24. The Hall–Kier alpha value is -2.50. The van der Waals surface area contributed by atoms with Crippen molar-refractivity contribution in [1.29, 1.82) is 0 Å². The molecule has 1 aliphatic rings. The van der Waals surface area contributed by atoms with E-state index in [1.165, 1.54) is 22.9 Å². The lowest BCUT2D eigenvalue weighted by Gasteiger charge is -2.10. The van der Waals surface area contributed by atoms with Crippen LogP contribution in [0.1, 0.15) is 19.8 Å². The van der Waals surface area contributed by atoms with E-state index in [1.54, 1.807) is 17.7 Å². The molecule has 0 unspecified atom stereocenters. The highest BCUT2D eigenvalue weighted by atomic mass is 19.1. The van der Waals surface area contributed by atoms with E-state index in [2.05, 4.69) is 11.9 Å². The molecule has 0 spiro atoms. The first-order valence-corrected chi connectivity index (χ1v) is 7.89. The third-order valence-corrected chi connectivity index (χ3v) is 4.94. The Labute approximate surface area is 137 Å². The molecule has 0 aliphatic heterocycles. The van der Waals surface area contributed by atoms with Crippen LogP contribution in [-0.2, 0) is 13.6 Å². The highest BCUT2D eigenvalue weighted by Gasteiger charge is 2.38. The fourth-order valence-corrected chi connectivity index (χ4v) is 3.18. The number of hydrogen-bond acceptors (Lipinski definition) is 2. The summed E-state index contributed by atoms with van der Waals surface area (Å²) in [5.41, 5.74) is 0.894. The molecule has 2 aromatic heterocycles. The molecule has 0 saturated heterocycles. The third-order valence-electron chi connectivity index (χ3n) is 4.94. The number of nitrogens with zero attached hydrogens (tertiary/aromatic N) is 3. The molecule has 124 valence electrons. The molecule has 0 bridgehead atoms. The predicted molar refractivity (Wildman–Crippen MR) is 87.7 cm³/mol. The number of imidazole rings is 1. The molecule has 0 atom stereocenters. The van der Waals surface area contributed by atoms with Gasteiger partial charge in [0.15, 0.2) is 5.82 Å². The van der Waals surface area contributed by atoms with Gasteiger partial charge in [0.1, 0.15) is 11.3 Å². The summed E-state index contributed by atoms with van der Waals surface area (Å²) in [5.74, 6) is -1.18. The zero-order valence-corrected chi connectivity index (χ0v) is 13.5. The number of aromatic nitrogens is 3. The van der Waals surface area contributed by atoms with Gasteiger partial charge in [-0.05, 0) is 36.5 Å². The van der Waals surface area contributed by atoms with Crippen molar-refractivity contribution in [3.05, 3.63) is 52.7 Å². The quantitative estimate of drug-likeness (QED) is 0.738. The van der Waals surface area contributed by atoms with Crippen molar-refractivity contribution in [2.75, 3.05) is 0 Å². The summed E-state index contributed by atoms with van der Waals surface area (Å²) < 4.78 is 32.0. The van der Waals surface area contributed by atoms with E-state index in [4.69, 9.17) is 0 Å². The summed E-state index contributed by atoms with van der Waals surface area (Å²) in [6.07, 6.45) is 4.61. The minimum Gasteiger partial charge on any atom is -0.292 e. The maximum atomic E-state index is 15.1. The van der Waals surface area contributed by atoms with Gasteiger partial charge in [-0.25, -0.2) is 13.6 Å². The molecule has 24 heavy (non-hydrogen) atoms. The average molecular weight is 329 g/mol. The second kappa shape index (κ2) is 5.00. The molecule has 1 aliphatic carbocycles. The summed E-state index contributed by atoms with van der Waals surface area (Å²) in [4.78, 5) is 16.2. The number of fused-ring (bicyclic) bond motifs is 1. The normalized spacial score (nSPS) is 15.8. The maximum Gasteiger partial charge on any atom is 0.328 e. The first-order valence-electron chi connectivity index (χ1n) is 7.89. The summed E-state index contributed by atoms with van der Waals surface area (Å²) in [7, 11) is 1.55. The van der Waals surface area contributed by atoms with Crippen LogP contribution in [0.4, 0.5) is 8.78 Å². The highest BCUT2D eigenvalue weighted by Crippen LogP contribution is 2.46. The summed E-state index contributed by atoms with van der Waals surface area (Å²) in [6, 6.07) is 4.65. The molecular weight excluding hydrogens is 312 g/mol. The second-order valence-corrected chi connectivity index (χ2v) is 6.89. The maximum absolute atomic E-state index is 15.1. The standard InChI is InChI=1S/C18H17F2N3O/c1-18(6-7-18)10-23-14-4-3-12(11-5-8-21-9-13(11)19)15(20)16(14)22(2)17(23)24/h3-5,8-9H,6-7,10H2,1-2H3. The van der Waals surface area contributed by atoms with Crippen molar-refractivity contribution in [2.24, 2.45) is 12.5 Å². The van der Waals surface area contributed by atoms with Crippen molar-refractivity contribution >= 4 is 11.0 Å². The SMILES string of the molecule is Cn1c(=O)n(CC2(C)CC2)c2ccc(-c3ccncc3F)c(F)c21. The summed E-state index contributed by atoms with van der Waals surface area (Å²) in [5, 5.41) is 0. The number of rotatable bonds is 3. The Bertz CT molecular complexity index is 1020. The van der Waals surface area contributed by atoms with Gasteiger partial charge in [-0.2, -0.15) is 0 Å². The fraction of sp³-hybridized carbons (Fsp3) is 0.333. The minimum atomic E-state index is -0.592. The molecule has 1 fully saturated rings. The second-order valence-electron chi connectivity index (χ2n) is 6.89. The predicted octanol–water partition coefficient (Wildman–Crippen LogP) is 3.48. The lowest BCUT2D eigenvalue weighted by molar-refractivity contribution is 0.460. The van der Waals surface area contributed by atoms with E-state index in [0.29, 0.717) is 12.1 Å². The molecule has 1 saturated carbocycles. The zero-order chi connectivity index (χ0) is 17.1. The van der Waals surface area contributed by atoms with E-state index in [9.17, 15) is 9.18 Å². The molecule has 6 heteroatoms. The van der Waals surface area contributed by atoms with Crippen LogP contribution < -0.4 is 5.69 Å². The molecule has 0 amide bonds. The lowest BCUT2D eigenvalue weighted by atomic mass is 10.0. The molecule has 0 radical (unpaired) electrons. The fourth-order valence-electron chi connectivity index (χ4n) is 3.18. The summed E-state index contributed by atoms with van der Waals surface area (Å²) in [6.45, 7) is 2.70. The minimum absolute atomic E-state index is 0.116. The van der Waals surface area contributed by atoms with Gasteiger partial charge >= 0.3 is 5.69 Å². The number of pyridine rings is 1. The molecule has 4 rings (SSSR count). The van der Waals surface area contributed by atoms with E-state index >= 15 is 4.39 Å². The van der Waals surface area contributed by atoms with Crippen molar-refractivity contribution in [2.45, 2.75) is 26.3 Å². The van der Waals surface area contributed by atoms with Crippen LogP contribution in [0.3, 0.4) is 0 Å². The number of hydrogen-bond donors (Lipinski definition) is 0. The topological polar surface area (TPSA) is 39.8 Å². The van der Waals surface area contributed by atoms with Crippen LogP contribution in [-0.4, -0.2) is 14.1 Å². The third kappa shape index (κ3) is 2.17. The van der Waals surface area contributed by atoms with Gasteiger partial charge in [-0.15, -0.1) is 0 Å². The Morgan fingerprint density at radius 3 is 2.62 bits per heavy atom. The molecule has 2 heterocycles. The molecule has 0 N–H and O–H groups in total. The number of benzene rings is 1. The Morgan fingerprint density at radius 2 is 1.96 bits per heavy atom. The van der Waals surface area contributed by atoms with Gasteiger partial charge in [0.2, 0.25) is 0 Å². The molecule has 3 aromatic rings.